The Kier molecular flexibility index (Phi) is 8.60. The summed E-state index contributed by atoms with van der Waals surface area (Å²) >= 11 is 0. The maximum Gasteiger partial charge on any atom is 0.271 e. The summed E-state index contributed by atoms with van der Waals surface area (Å²) in [7, 11) is 3.01. The molecule has 10 heteroatoms. The number of carbonyl (C=O) groups is 1. The number of nitro groups is 1. The van der Waals surface area contributed by atoms with Gasteiger partial charge in [-0.05, 0) is 66.6 Å². The summed E-state index contributed by atoms with van der Waals surface area (Å²) in [5, 5.41) is 14.8. The van der Waals surface area contributed by atoms with Gasteiger partial charge in [0.1, 0.15) is 6.61 Å². The van der Waals surface area contributed by atoms with Gasteiger partial charge in [-0.15, -0.1) is 0 Å². The van der Waals surface area contributed by atoms with Crippen molar-refractivity contribution in [2.75, 3.05) is 20.8 Å². The number of hydrogen-bond acceptors (Lipinski definition) is 8. The molecule has 0 bridgehead atoms. The van der Waals surface area contributed by atoms with E-state index in [1.807, 2.05) is 6.92 Å². The number of amides is 1. The van der Waals surface area contributed by atoms with E-state index in [9.17, 15) is 14.9 Å². The maximum atomic E-state index is 12.4. The standard InChI is InChI=1S/C25H25N3O7/c1-4-34-21-12-8-19(14-24(21)33-3)25(29)27-26-15-18-7-11-22(23(13-18)32-2)35-16-17-5-9-20(10-6-17)28(30)31/h5-15H,4,16H2,1-3H3,(H,27,29)/b26-15+. The van der Waals surface area contributed by atoms with E-state index in [2.05, 4.69) is 10.5 Å². The third-order valence-corrected chi connectivity index (χ3v) is 4.83. The highest BCUT2D eigenvalue weighted by Gasteiger charge is 2.11. The third-order valence-electron chi connectivity index (χ3n) is 4.83. The molecular formula is C25H25N3O7. The summed E-state index contributed by atoms with van der Waals surface area (Å²) in [5.74, 6) is 1.57. The fourth-order valence-corrected chi connectivity index (χ4v) is 3.07. The van der Waals surface area contributed by atoms with E-state index in [4.69, 9.17) is 18.9 Å². The van der Waals surface area contributed by atoms with Crippen molar-refractivity contribution < 1.29 is 28.7 Å². The first-order valence-corrected chi connectivity index (χ1v) is 10.6. The lowest BCUT2D eigenvalue weighted by Crippen LogP contribution is -2.17. The van der Waals surface area contributed by atoms with E-state index < -0.39 is 10.8 Å². The molecule has 0 spiro atoms. The normalized spacial score (nSPS) is 10.6. The number of hydrogen-bond donors (Lipinski definition) is 1. The van der Waals surface area contributed by atoms with Crippen molar-refractivity contribution in [3.8, 4) is 23.0 Å². The third kappa shape index (κ3) is 6.70. The van der Waals surface area contributed by atoms with Gasteiger partial charge in [0.2, 0.25) is 0 Å². The van der Waals surface area contributed by atoms with Crippen LogP contribution in [0.25, 0.3) is 0 Å². The first-order chi connectivity index (χ1) is 16.9. The van der Waals surface area contributed by atoms with Crippen LogP contribution < -0.4 is 24.4 Å². The summed E-state index contributed by atoms with van der Waals surface area (Å²) < 4.78 is 21.9. The van der Waals surface area contributed by atoms with Crippen LogP contribution in [0.3, 0.4) is 0 Å². The number of nitrogens with zero attached hydrogens (tertiary/aromatic N) is 2. The summed E-state index contributed by atoms with van der Waals surface area (Å²) in [6.45, 7) is 2.56. The molecule has 3 aromatic carbocycles. The molecule has 0 aliphatic carbocycles. The predicted molar refractivity (Wildman–Crippen MR) is 130 cm³/mol. The zero-order valence-corrected chi connectivity index (χ0v) is 19.5. The van der Waals surface area contributed by atoms with Crippen molar-refractivity contribution in [3.05, 3.63) is 87.5 Å². The van der Waals surface area contributed by atoms with Crippen LogP contribution in [-0.4, -0.2) is 37.9 Å². The number of nitro benzene ring substituents is 1. The lowest BCUT2D eigenvalue weighted by atomic mass is 10.2. The Balaban J connectivity index is 1.62. The van der Waals surface area contributed by atoms with Gasteiger partial charge in [0.05, 0.1) is 32.0 Å². The molecular weight excluding hydrogens is 454 g/mol. The second-order valence-electron chi connectivity index (χ2n) is 7.12. The van der Waals surface area contributed by atoms with E-state index >= 15 is 0 Å². The maximum absolute atomic E-state index is 12.4. The SMILES string of the molecule is CCOc1ccc(C(=O)N/N=C/c2ccc(OCc3ccc([N+](=O)[O-])cc3)c(OC)c2)cc1OC. The molecule has 182 valence electrons. The molecule has 0 heterocycles. The van der Waals surface area contributed by atoms with Crippen LogP contribution in [0.4, 0.5) is 5.69 Å². The minimum atomic E-state index is -0.453. The number of hydrazone groups is 1. The molecule has 0 aliphatic heterocycles. The fraction of sp³-hybridized carbons (Fsp3) is 0.200. The highest BCUT2D eigenvalue weighted by molar-refractivity contribution is 5.95. The summed E-state index contributed by atoms with van der Waals surface area (Å²) in [6, 6.07) is 16.2. The minimum Gasteiger partial charge on any atom is -0.493 e. The number of ether oxygens (including phenoxy) is 4. The van der Waals surface area contributed by atoms with Crippen LogP contribution in [0, 0.1) is 10.1 Å². The zero-order valence-electron chi connectivity index (χ0n) is 19.5. The fourth-order valence-electron chi connectivity index (χ4n) is 3.07. The zero-order chi connectivity index (χ0) is 25.2. The smallest absolute Gasteiger partial charge is 0.271 e. The second kappa shape index (κ2) is 12.0. The Hall–Kier alpha value is -4.60. The van der Waals surface area contributed by atoms with Crippen molar-refractivity contribution in [2.24, 2.45) is 5.10 Å². The Morgan fingerprint density at radius 3 is 2.26 bits per heavy atom. The first-order valence-electron chi connectivity index (χ1n) is 10.6. The van der Waals surface area contributed by atoms with Crippen LogP contribution in [0.5, 0.6) is 23.0 Å². The second-order valence-corrected chi connectivity index (χ2v) is 7.12. The molecule has 0 radical (unpaired) electrons. The van der Waals surface area contributed by atoms with Gasteiger partial charge in [-0.3, -0.25) is 14.9 Å². The topological polar surface area (TPSA) is 122 Å². The number of nitrogens with one attached hydrogen (secondary N) is 1. The van der Waals surface area contributed by atoms with Gasteiger partial charge in [0.15, 0.2) is 23.0 Å². The molecule has 3 aromatic rings. The van der Waals surface area contributed by atoms with Gasteiger partial charge >= 0.3 is 0 Å². The summed E-state index contributed by atoms with van der Waals surface area (Å²) in [4.78, 5) is 22.7. The molecule has 10 nitrogen and oxygen atoms in total. The van der Waals surface area contributed by atoms with Crippen LogP contribution in [0.15, 0.2) is 65.8 Å². The van der Waals surface area contributed by atoms with Crippen LogP contribution in [-0.2, 0) is 6.61 Å². The highest BCUT2D eigenvalue weighted by atomic mass is 16.6. The number of non-ortho nitro benzene ring substituents is 1. The van der Waals surface area contributed by atoms with Crippen LogP contribution in [0.1, 0.15) is 28.4 Å². The van der Waals surface area contributed by atoms with E-state index in [1.165, 1.54) is 32.6 Å². The Morgan fingerprint density at radius 2 is 1.60 bits per heavy atom. The lowest BCUT2D eigenvalue weighted by Gasteiger charge is -2.11. The van der Waals surface area contributed by atoms with Gasteiger partial charge in [-0.25, -0.2) is 5.43 Å². The average molecular weight is 479 g/mol. The molecule has 3 rings (SSSR count). The van der Waals surface area contributed by atoms with Crippen molar-refractivity contribution in [1.82, 2.24) is 5.43 Å². The largest absolute Gasteiger partial charge is 0.493 e. The highest BCUT2D eigenvalue weighted by Crippen LogP contribution is 2.29. The van der Waals surface area contributed by atoms with Crippen molar-refractivity contribution >= 4 is 17.8 Å². The molecule has 0 saturated heterocycles. The predicted octanol–water partition coefficient (Wildman–Crippen LogP) is 4.35. The van der Waals surface area contributed by atoms with Crippen LogP contribution >= 0.6 is 0 Å². The molecule has 0 saturated carbocycles. The van der Waals surface area contributed by atoms with E-state index in [0.29, 0.717) is 40.7 Å². The first kappa shape index (κ1) is 25.0. The summed E-state index contributed by atoms with van der Waals surface area (Å²) in [5.41, 5.74) is 4.31. The number of benzene rings is 3. The number of rotatable bonds is 11. The number of methoxy groups -OCH3 is 2. The van der Waals surface area contributed by atoms with E-state index in [0.717, 1.165) is 5.56 Å². The molecule has 0 fully saturated rings. The van der Waals surface area contributed by atoms with Gasteiger partial charge in [-0.2, -0.15) is 5.10 Å². The molecule has 0 aromatic heterocycles. The number of carbonyl (C=O) groups excluding carboxylic acids is 1. The van der Waals surface area contributed by atoms with E-state index in [1.54, 1.807) is 48.5 Å². The van der Waals surface area contributed by atoms with Crippen molar-refractivity contribution in [3.63, 3.8) is 0 Å². The molecule has 35 heavy (non-hydrogen) atoms. The van der Waals surface area contributed by atoms with E-state index in [-0.39, 0.29) is 12.3 Å². The van der Waals surface area contributed by atoms with Gasteiger partial charge in [0.25, 0.3) is 11.6 Å². The molecule has 1 N–H and O–H groups in total. The van der Waals surface area contributed by atoms with Crippen molar-refractivity contribution in [2.45, 2.75) is 13.5 Å². The molecule has 0 unspecified atom stereocenters. The molecule has 1 amide bonds. The quantitative estimate of drug-likeness (QED) is 0.246. The Bertz CT molecular complexity index is 1210. The van der Waals surface area contributed by atoms with Gasteiger partial charge in [0, 0.05) is 17.7 Å². The van der Waals surface area contributed by atoms with Gasteiger partial charge < -0.3 is 18.9 Å². The Morgan fingerprint density at radius 1 is 0.943 bits per heavy atom. The lowest BCUT2D eigenvalue weighted by molar-refractivity contribution is -0.384. The molecule has 0 aliphatic rings. The average Bonchev–Trinajstić information content (AvgIpc) is 2.88. The monoisotopic (exact) mass is 479 g/mol. The van der Waals surface area contributed by atoms with Gasteiger partial charge in [-0.1, -0.05) is 0 Å². The summed E-state index contributed by atoms with van der Waals surface area (Å²) in [6.07, 6.45) is 1.48. The Labute approximate surface area is 202 Å². The van der Waals surface area contributed by atoms with Crippen molar-refractivity contribution in [1.29, 1.82) is 0 Å². The van der Waals surface area contributed by atoms with Crippen LogP contribution in [0.2, 0.25) is 0 Å². The minimum absolute atomic E-state index is 0.0173. The molecule has 0 atom stereocenters.